The minimum atomic E-state index is -0.906. The Morgan fingerprint density at radius 1 is 1.17 bits per heavy atom. The summed E-state index contributed by atoms with van der Waals surface area (Å²) in [7, 11) is 1.58. The number of carbonyl (C=O) groups is 2. The van der Waals surface area contributed by atoms with Crippen molar-refractivity contribution in [2.75, 3.05) is 20.2 Å². The third-order valence-electron chi connectivity index (χ3n) is 3.83. The van der Waals surface area contributed by atoms with E-state index in [2.05, 4.69) is 0 Å². The quantitative estimate of drug-likeness (QED) is 0.926. The topological polar surface area (TPSA) is 76.1 Å². The standard InChI is InChI=1S/C17H23NO5/c1-17(2,3)23-16(21)18-9-13(14(10-18)15(19)20)11-5-7-12(22-4)8-6-11/h5-8,13-14H,9-10H2,1-4H3,(H,19,20)/t13?,14-/m1/s1. The van der Waals surface area contributed by atoms with E-state index in [-0.39, 0.29) is 12.5 Å². The molecule has 126 valence electrons. The van der Waals surface area contributed by atoms with Gasteiger partial charge in [0.2, 0.25) is 0 Å². The highest BCUT2D eigenvalue weighted by Gasteiger charge is 2.41. The first-order chi connectivity index (χ1) is 10.7. The summed E-state index contributed by atoms with van der Waals surface area (Å²) in [6, 6.07) is 7.28. The van der Waals surface area contributed by atoms with Crippen LogP contribution in [0.2, 0.25) is 0 Å². The summed E-state index contributed by atoms with van der Waals surface area (Å²) in [6.45, 7) is 5.85. The second kappa shape index (κ2) is 6.48. The maximum Gasteiger partial charge on any atom is 0.410 e. The molecule has 2 atom stereocenters. The van der Waals surface area contributed by atoms with Crippen molar-refractivity contribution in [3.63, 3.8) is 0 Å². The van der Waals surface area contributed by atoms with Crippen LogP contribution in [-0.4, -0.2) is 47.9 Å². The molecule has 1 heterocycles. The number of hydrogen-bond acceptors (Lipinski definition) is 4. The van der Waals surface area contributed by atoms with E-state index in [9.17, 15) is 14.7 Å². The molecule has 1 saturated heterocycles. The normalized spacial score (nSPS) is 21.1. The molecule has 0 aliphatic carbocycles. The van der Waals surface area contributed by atoms with Crippen LogP contribution in [0.25, 0.3) is 0 Å². The molecule has 6 heteroatoms. The van der Waals surface area contributed by atoms with Gasteiger partial charge in [-0.05, 0) is 38.5 Å². The molecule has 1 unspecified atom stereocenters. The Kier molecular flexibility index (Phi) is 4.82. The molecule has 1 fully saturated rings. The predicted molar refractivity (Wildman–Crippen MR) is 84.7 cm³/mol. The second-order valence-corrected chi connectivity index (χ2v) is 6.71. The van der Waals surface area contributed by atoms with E-state index in [1.54, 1.807) is 40.0 Å². The minimum absolute atomic E-state index is 0.154. The molecule has 23 heavy (non-hydrogen) atoms. The largest absolute Gasteiger partial charge is 0.497 e. The number of carboxylic acids is 1. The molecule has 1 aliphatic rings. The maximum atomic E-state index is 12.2. The van der Waals surface area contributed by atoms with Gasteiger partial charge in [-0.3, -0.25) is 4.79 Å². The van der Waals surface area contributed by atoms with Gasteiger partial charge < -0.3 is 19.5 Å². The number of carbonyl (C=O) groups excluding carboxylic acids is 1. The van der Waals surface area contributed by atoms with Crippen molar-refractivity contribution >= 4 is 12.1 Å². The van der Waals surface area contributed by atoms with Gasteiger partial charge in [-0.15, -0.1) is 0 Å². The Labute approximate surface area is 136 Å². The number of rotatable bonds is 3. The summed E-state index contributed by atoms with van der Waals surface area (Å²) in [6.07, 6.45) is -0.472. The van der Waals surface area contributed by atoms with Crippen molar-refractivity contribution in [1.82, 2.24) is 4.90 Å². The molecular formula is C17H23NO5. The zero-order chi connectivity index (χ0) is 17.2. The second-order valence-electron chi connectivity index (χ2n) is 6.71. The Bertz CT molecular complexity index is 576. The van der Waals surface area contributed by atoms with Crippen molar-refractivity contribution in [1.29, 1.82) is 0 Å². The molecule has 1 N–H and O–H groups in total. The molecule has 1 aliphatic heterocycles. The van der Waals surface area contributed by atoms with Crippen LogP contribution in [0.5, 0.6) is 5.75 Å². The first kappa shape index (κ1) is 17.1. The zero-order valence-corrected chi connectivity index (χ0v) is 13.9. The number of methoxy groups -OCH3 is 1. The smallest absolute Gasteiger partial charge is 0.410 e. The fourth-order valence-corrected chi connectivity index (χ4v) is 2.72. The van der Waals surface area contributed by atoms with E-state index in [0.717, 1.165) is 5.56 Å². The summed E-state index contributed by atoms with van der Waals surface area (Å²) in [4.78, 5) is 25.2. The van der Waals surface area contributed by atoms with Crippen molar-refractivity contribution in [3.05, 3.63) is 29.8 Å². The number of carboxylic acid groups (broad SMARTS) is 1. The molecule has 6 nitrogen and oxygen atoms in total. The summed E-state index contributed by atoms with van der Waals surface area (Å²) in [5, 5.41) is 9.47. The van der Waals surface area contributed by atoms with Gasteiger partial charge in [0, 0.05) is 19.0 Å². The van der Waals surface area contributed by atoms with Crippen LogP contribution in [-0.2, 0) is 9.53 Å². The lowest BCUT2D eigenvalue weighted by Crippen LogP contribution is -2.35. The van der Waals surface area contributed by atoms with Crippen LogP contribution in [0, 0.1) is 5.92 Å². The van der Waals surface area contributed by atoms with E-state index in [4.69, 9.17) is 9.47 Å². The van der Waals surface area contributed by atoms with Crippen LogP contribution in [0.3, 0.4) is 0 Å². The third-order valence-corrected chi connectivity index (χ3v) is 3.83. The summed E-state index contributed by atoms with van der Waals surface area (Å²) in [5.74, 6) is -1.10. The van der Waals surface area contributed by atoms with Crippen molar-refractivity contribution in [3.8, 4) is 5.75 Å². The Morgan fingerprint density at radius 2 is 1.78 bits per heavy atom. The zero-order valence-electron chi connectivity index (χ0n) is 13.9. The van der Waals surface area contributed by atoms with E-state index < -0.39 is 23.6 Å². The van der Waals surface area contributed by atoms with E-state index in [1.165, 1.54) is 4.90 Å². The lowest BCUT2D eigenvalue weighted by Gasteiger charge is -2.24. The number of hydrogen-bond donors (Lipinski definition) is 1. The molecule has 0 spiro atoms. The van der Waals surface area contributed by atoms with Crippen LogP contribution in [0.4, 0.5) is 4.79 Å². The number of nitrogens with zero attached hydrogens (tertiary/aromatic N) is 1. The number of benzene rings is 1. The molecule has 1 amide bonds. The van der Waals surface area contributed by atoms with Gasteiger partial charge in [0.1, 0.15) is 11.4 Å². The molecule has 0 radical (unpaired) electrons. The predicted octanol–water partition coefficient (Wildman–Crippen LogP) is 2.73. The summed E-state index contributed by atoms with van der Waals surface area (Å²) >= 11 is 0. The molecule has 0 saturated carbocycles. The molecule has 0 bridgehead atoms. The lowest BCUT2D eigenvalue weighted by atomic mass is 9.89. The van der Waals surface area contributed by atoms with Gasteiger partial charge in [0.25, 0.3) is 0 Å². The van der Waals surface area contributed by atoms with Gasteiger partial charge in [0.05, 0.1) is 13.0 Å². The number of ether oxygens (including phenoxy) is 2. The monoisotopic (exact) mass is 321 g/mol. The van der Waals surface area contributed by atoms with Gasteiger partial charge in [-0.1, -0.05) is 12.1 Å². The molecule has 2 rings (SSSR count). The fourth-order valence-electron chi connectivity index (χ4n) is 2.72. The molecule has 1 aromatic carbocycles. The van der Waals surface area contributed by atoms with Crippen molar-refractivity contribution in [2.24, 2.45) is 5.92 Å². The number of likely N-dealkylation sites (tertiary alicyclic amines) is 1. The fraction of sp³-hybridized carbons (Fsp3) is 0.529. The average Bonchev–Trinajstić information content (AvgIpc) is 2.91. The Hall–Kier alpha value is -2.24. The van der Waals surface area contributed by atoms with Gasteiger partial charge in [0.15, 0.2) is 0 Å². The van der Waals surface area contributed by atoms with Gasteiger partial charge in [-0.2, -0.15) is 0 Å². The van der Waals surface area contributed by atoms with Crippen molar-refractivity contribution in [2.45, 2.75) is 32.3 Å². The van der Waals surface area contributed by atoms with Crippen LogP contribution in [0.1, 0.15) is 32.3 Å². The third kappa shape index (κ3) is 4.15. The molecular weight excluding hydrogens is 298 g/mol. The highest BCUT2D eigenvalue weighted by atomic mass is 16.6. The van der Waals surface area contributed by atoms with E-state index in [0.29, 0.717) is 12.3 Å². The highest BCUT2D eigenvalue weighted by molar-refractivity contribution is 5.76. The summed E-state index contributed by atoms with van der Waals surface area (Å²) in [5.41, 5.74) is 0.276. The highest BCUT2D eigenvalue weighted by Crippen LogP contribution is 2.34. The van der Waals surface area contributed by atoms with E-state index >= 15 is 0 Å². The van der Waals surface area contributed by atoms with Crippen molar-refractivity contribution < 1.29 is 24.2 Å². The maximum absolute atomic E-state index is 12.2. The molecule has 0 aromatic heterocycles. The lowest BCUT2D eigenvalue weighted by molar-refractivity contribution is -0.141. The summed E-state index contributed by atoms with van der Waals surface area (Å²) < 4.78 is 10.5. The van der Waals surface area contributed by atoms with Gasteiger partial charge >= 0.3 is 12.1 Å². The van der Waals surface area contributed by atoms with E-state index in [1.807, 2.05) is 12.1 Å². The van der Waals surface area contributed by atoms with Crippen LogP contribution >= 0.6 is 0 Å². The SMILES string of the molecule is COc1ccc(C2CN(C(=O)OC(C)(C)C)C[C@H]2C(=O)O)cc1. The van der Waals surface area contributed by atoms with Crippen LogP contribution in [0.15, 0.2) is 24.3 Å². The molecule has 1 aromatic rings. The first-order valence-electron chi connectivity index (χ1n) is 7.56. The average molecular weight is 321 g/mol. The Morgan fingerprint density at radius 3 is 2.26 bits per heavy atom. The first-order valence-corrected chi connectivity index (χ1v) is 7.56. The van der Waals surface area contributed by atoms with Gasteiger partial charge in [-0.25, -0.2) is 4.79 Å². The van der Waals surface area contributed by atoms with Crippen LogP contribution < -0.4 is 4.74 Å². The number of aliphatic carboxylic acids is 1. The number of amides is 1. The minimum Gasteiger partial charge on any atom is -0.497 e. The Balaban J connectivity index is 2.17.